The number of rotatable bonds is 8. The van der Waals surface area contributed by atoms with Crippen molar-refractivity contribution in [2.24, 2.45) is 0 Å². The third-order valence-electron chi connectivity index (χ3n) is 5.23. The van der Waals surface area contributed by atoms with Crippen molar-refractivity contribution < 1.29 is 40.1 Å². The second kappa shape index (κ2) is 12.2. The average molecular weight is 702 g/mol. The van der Waals surface area contributed by atoms with Gasteiger partial charge in [-0.3, -0.25) is 18.8 Å². The van der Waals surface area contributed by atoms with E-state index in [9.17, 15) is 40.1 Å². The minimum absolute atomic E-state index is 0.0230. The van der Waals surface area contributed by atoms with Gasteiger partial charge in [0.2, 0.25) is 5.82 Å². The predicted octanol–water partition coefficient (Wildman–Crippen LogP) is 4.42. The number of hydrogen-bond acceptors (Lipinski definition) is 6. The summed E-state index contributed by atoms with van der Waals surface area (Å²) in [5.41, 5.74) is 0.333. The van der Waals surface area contributed by atoms with E-state index >= 15 is 0 Å². The summed E-state index contributed by atoms with van der Waals surface area (Å²) < 4.78 is 90.4. The topological polar surface area (TPSA) is 119 Å². The number of nitrogens with one attached hydrogen (secondary N) is 2. The number of hydrogen-bond donors (Lipinski definition) is 2. The van der Waals surface area contributed by atoms with Crippen molar-refractivity contribution in [3.05, 3.63) is 68.1 Å². The molecular formula is C23H21F6IN6O3S. The second-order valence-electron chi connectivity index (χ2n) is 8.58. The Morgan fingerprint density at radius 2 is 1.73 bits per heavy atom. The van der Waals surface area contributed by atoms with E-state index in [1.165, 1.54) is 31.4 Å². The van der Waals surface area contributed by atoms with Crippen LogP contribution in [-0.4, -0.2) is 53.8 Å². The summed E-state index contributed by atoms with van der Waals surface area (Å²) >= 11 is 1.90. The fourth-order valence-electron chi connectivity index (χ4n) is 3.59. The molecule has 2 amide bonds. The highest BCUT2D eigenvalue weighted by atomic mass is 127. The Balaban J connectivity index is 1.84. The molecule has 0 aliphatic carbocycles. The molecule has 9 nitrogen and oxygen atoms in total. The first-order valence-electron chi connectivity index (χ1n) is 11.2. The molecule has 2 aromatic heterocycles. The van der Waals surface area contributed by atoms with Gasteiger partial charge in [-0.1, -0.05) is 6.07 Å². The van der Waals surface area contributed by atoms with Crippen LogP contribution in [0.4, 0.5) is 32.0 Å². The van der Waals surface area contributed by atoms with E-state index < -0.39 is 59.2 Å². The minimum atomic E-state index is -5.19. The van der Waals surface area contributed by atoms with Crippen LogP contribution in [0.1, 0.15) is 50.7 Å². The molecule has 2 atom stereocenters. The Morgan fingerprint density at radius 1 is 1.05 bits per heavy atom. The molecule has 2 N–H and O–H groups in total. The van der Waals surface area contributed by atoms with E-state index in [0.29, 0.717) is 3.57 Å². The lowest BCUT2D eigenvalue weighted by molar-refractivity contribution is -0.150. The van der Waals surface area contributed by atoms with Crippen molar-refractivity contribution in [1.82, 2.24) is 25.1 Å². The smallest absolute Gasteiger partial charge is 0.349 e. The summed E-state index contributed by atoms with van der Waals surface area (Å²) in [6, 6.07) is 6.72. The van der Waals surface area contributed by atoms with Crippen LogP contribution in [0.15, 0.2) is 30.3 Å². The maximum Gasteiger partial charge on any atom is 0.453 e. The molecule has 0 aliphatic rings. The first-order chi connectivity index (χ1) is 18.5. The van der Waals surface area contributed by atoms with Crippen LogP contribution in [0.5, 0.6) is 0 Å². The average Bonchev–Trinajstić information content (AvgIpc) is 3.25. The molecule has 0 spiro atoms. The van der Waals surface area contributed by atoms with Crippen molar-refractivity contribution in [3.63, 3.8) is 0 Å². The fourth-order valence-corrected chi connectivity index (χ4v) is 5.12. The lowest BCUT2D eigenvalue weighted by atomic mass is 10.1. The Hall–Kier alpha value is -3.09. The normalized spacial score (nSPS) is 13.6. The molecule has 1 unspecified atom stereocenters. The Morgan fingerprint density at radius 3 is 2.30 bits per heavy atom. The third-order valence-corrected chi connectivity index (χ3v) is 7.10. The largest absolute Gasteiger partial charge is 0.453 e. The predicted molar refractivity (Wildman–Crippen MR) is 141 cm³/mol. The number of alkyl halides is 6. The number of nitrogens with zero attached hydrogens (tertiary/aromatic N) is 4. The van der Waals surface area contributed by atoms with E-state index in [0.717, 1.165) is 0 Å². The zero-order valence-corrected chi connectivity index (χ0v) is 23.9. The molecule has 0 fully saturated rings. The molecular weight excluding hydrogens is 681 g/mol. The summed E-state index contributed by atoms with van der Waals surface area (Å²) in [5.74, 6) is -4.79. The van der Waals surface area contributed by atoms with Crippen molar-refractivity contribution in [3.8, 4) is 0 Å². The van der Waals surface area contributed by atoms with E-state index in [-0.39, 0.29) is 38.6 Å². The van der Waals surface area contributed by atoms with Crippen molar-refractivity contribution in [2.45, 2.75) is 38.8 Å². The molecule has 17 heteroatoms. The van der Waals surface area contributed by atoms with Gasteiger partial charge in [-0.25, -0.2) is 4.68 Å². The summed E-state index contributed by atoms with van der Waals surface area (Å²) in [4.78, 5) is 32.7. The zero-order chi connectivity index (χ0) is 30.0. The SMILES string of the molecule is Cc1nc(Cn2nc(C(F)(F)F)nc2C(F)(F)F)ccc1NC(=O)c1cccc(I)c1C(=O)N[C@@H](C)CS(C)=O. The van der Waals surface area contributed by atoms with Crippen LogP contribution < -0.4 is 10.6 Å². The van der Waals surface area contributed by atoms with Crippen molar-refractivity contribution in [2.75, 3.05) is 17.3 Å². The van der Waals surface area contributed by atoms with Crippen LogP contribution in [0, 0.1) is 10.5 Å². The highest BCUT2D eigenvalue weighted by Crippen LogP contribution is 2.33. The highest BCUT2D eigenvalue weighted by molar-refractivity contribution is 14.1. The molecule has 3 aromatic rings. The van der Waals surface area contributed by atoms with Gasteiger partial charge in [0.05, 0.1) is 34.7 Å². The zero-order valence-electron chi connectivity index (χ0n) is 20.9. The lowest BCUT2D eigenvalue weighted by Gasteiger charge is -2.16. The van der Waals surface area contributed by atoms with Gasteiger partial charge in [-0.05, 0) is 60.7 Å². The van der Waals surface area contributed by atoms with E-state index in [1.807, 2.05) is 22.6 Å². The summed E-state index contributed by atoms with van der Waals surface area (Å²) in [5, 5.41) is 8.24. The van der Waals surface area contributed by atoms with Gasteiger partial charge in [0.15, 0.2) is 0 Å². The van der Waals surface area contributed by atoms with E-state index in [4.69, 9.17) is 0 Å². The quantitative estimate of drug-likeness (QED) is 0.265. The first kappa shape index (κ1) is 31.4. The number of pyridine rings is 1. The molecule has 0 bridgehead atoms. The number of amides is 2. The molecule has 216 valence electrons. The summed E-state index contributed by atoms with van der Waals surface area (Å²) in [6.45, 7) is 2.34. The molecule has 0 saturated heterocycles. The van der Waals surface area contributed by atoms with Crippen LogP contribution in [0.25, 0.3) is 0 Å². The van der Waals surface area contributed by atoms with Gasteiger partial charge in [-0.15, -0.1) is 5.10 Å². The first-order valence-corrected chi connectivity index (χ1v) is 14.0. The Labute approximate surface area is 239 Å². The molecule has 0 aliphatic heterocycles. The Kier molecular flexibility index (Phi) is 9.58. The van der Waals surface area contributed by atoms with Crippen molar-refractivity contribution >= 4 is 50.9 Å². The number of benzene rings is 1. The molecule has 1 aromatic carbocycles. The fraction of sp³-hybridized carbons (Fsp3) is 0.348. The molecule has 0 radical (unpaired) electrons. The number of carbonyl (C=O) groups excluding carboxylic acids is 2. The maximum atomic E-state index is 13.2. The summed E-state index contributed by atoms with van der Waals surface area (Å²) in [6.07, 6.45) is -8.88. The third kappa shape index (κ3) is 7.76. The molecule has 40 heavy (non-hydrogen) atoms. The molecule has 3 rings (SSSR count). The van der Waals surface area contributed by atoms with Gasteiger partial charge < -0.3 is 10.6 Å². The second-order valence-corrected chi connectivity index (χ2v) is 11.2. The van der Waals surface area contributed by atoms with Crippen LogP contribution in [0.2, 0.25) is 0 Å². The molecule has 0 saturated carbocycles. The standard InChI is InChI=1S/C23H21F6IN6O3S/c1-11(10-40(3)39)31-19(38)17-14(5-4-6-15(17)30)18(37)33-16-8-7-13(32-12(16)2)9-36-21(23(27,28)29)34-20(35-36)22(24,25)26/h4-8,11H,9-10H2,1-3H3,(H,31,38)(H,33,37)/t11-,40?/m0/s1. The highest BCUT2D eigenvalue weighted by Gasteiger charge is 2.44. The van der Waals surface area contributed by atoms with Crippen LogP contribution in [-0.2, 0) is 29.7 Å². The summed E-state index contributed by atoms with van der Waals surface area (Å²) in [7, 11) is -1.16. The van der Waals surface area contributed by atoms with Gasteiger partial charge in [0.25, 0.3) is 17.6 Å². The van der Waals surface area contributed by atoms with Gasteiger partial charge in [0, 0.05) is 32.4 Å². The van der Waals surface area contributed by atoms with Gasteiger partial charge in [0.1, 0.15) is 0 Å². The number of halogens is 7. The maximum absolute atomic E-state index is 13.2. The molecule has 2 heterocycles. The number of aromatic nitrogens is 4. The van der Waals surface area contributed by atoms with Crippen LogP contribution in [0.3, 0.4) is 0 Å². The van der Waals surface area contributed by atoms with E-state index in [1.54, 1.807) is 19.1 Å². The monoisotopic (exact) mass is 702 g/mol. The van der Waals surface area contributed by atoms with Gasteiger partial charge >= 0.3 is 12.4 Å². The van der Waals surface area contributed by atoms with E-state index in [2.05, 4.69) is 25.7 Å². The number of carbonyl (C=O) groups is 2. The minimum Gasteiger partial charge on any atom is -0.349 e. The number of aryl methyl sites for hydroxylation is 1. The van der Waals surface area contributed by atoms with Crippen LogP contribution >= 0.6 is 22.6 Å². The van der Waals surface area contributed by atoms with Gasteiger partial charge in [-0.2, -0.15) is 31.3 Å². The lowest BCUT2D eigenvalue weighted by Crippen LogP contribution is -2.37. The number of anilines is 1. The Bertz CT molecular complexity index is 1460. The van der Waals surface area contributed by atoms with Crippen molar-refractivity contribution in [1.29, 1.82) is 0 Å².